The molecular formula is C12H23NO2. The van der Waals surface area contributed by atoms with E-state index in [1.165, 1.54) is 25.7 Å². The predicted molar refractivity (Wildman–Crippen MR) is 60.8 cm³/mol. The van der Waals surface area contributed by atoms with Gasteiger partial charge in [-0.1, -0.05) is 26.7 Å². The molecule has 0 saturated heterocycles. The van der Waals surface area contributed by atoms with Gasteiger partial charge in [-0.05, 0) is 31.2 Å². The summed E-state index contributed by atoms with van der Waals surface area (Å²) in [5, 5.41) is 12.2. The van der Waals surface area contributed by atoms with Crippen LogP contribution in [0.25, 0.3) is 0 Å². The molecule has 2 N–H and O–H groups in total. The van der Waals surface area contributed by atoms with Crippen molar-refractivity contribution in [3.8, 4) is 0 Å². The van der Waals surface area contributed by atoms with Gasteiger partial charge in [0.05, 0.1) is 6.42 Å². The molecule has 0 aromatic carbocycles. The third-order valence-corrected chi connectivity index (χ3v) is 3.49. The van der Waals surface area contributed by atoms with Crippen molar-refractivity contribution < 1.29 is 9.90 Å². The van der Waals surface area contributed by atoms with E-state index in [4.69, 9.17) is 5.11 Å². The van der Waals surface area contributed by atoms with Gasteiger partial charge in [0, 0.05) is 6.04 Å². The molecule has 88 valence electrons. The lowest BCUT2D eigenvalue weighted by Crippen LogP contribution is -2.39. The molecule has 0 aromatic rings. The van der Waals surface area contributed by atoms with Gasteiger partial charge in [0.2, 0.25) is 0 Å². The van der Waals surface area contributed by atoms with Crippen LogP contribution in [0.15, 0.2) is 0 Å². The third kappa shape index (κ3) is 4.20. The van der Waals surface area contributed by atoms with E-state index in [2.05, 4.69) is 12.2 Å². The summed E-state index contributed by atoms with van der Waals surface area (Å²) in [5.74, 6) is 0.713. The Hall–Kier alpha value is -0.570. The van der Waals surface area contributed by atoms with Gasteiger partial charge in [0.15, 0.2) is 0 Å². The van der Waals surface area contributed by atoms with Crippen molar-refractivity contribution in [3.05, 3.63) is 0 Å². The standard InChI is InChI=1S/C12H23NO2/c1-3-13-11(8-12(14)15)10-6-4-9(2)5-7-10/h9-11,13H,3-8H2,1-2H3,(H,14,15). The van der Waals surface area contributed by atoms with E-state index >= 15 is 0 Å². The van der Waals surface area contributed by atoms with E-state index < -0.39 is 5.97 Å². The van der Waals surface area contributed by atoms with Crippen LogP contribution in [0, 0.1) is 11.8 Å². The van der Waals surface area contributed by atoms with Crippen LogP contribution in [0.4, 0.5) is 0 Å². The van der Waals surface area contributed by atoms with E-state index in [0.29, 0.717) is 5.92 Å². The van der Waals surface area contributed by atoms with Crippen LogP contribution in [0.3, 0.4) is 0 Å². The van der Waals surface area contributed by atoms with E-state index in [9.17, 15) is 4.79 Å². The second-order valence-corrected chi connectivity index (χ2v) is 4.78. The van der Waals surface area contributed by atoms with Crippen molar-refractivity contribution in [1.29, 1.82) is 0 Å². The predicted octanol–water partition coefficient (Wildman–Crippen LogP) is 2.27. The van der Waals surface area contributed by atoms with Gasteiger partial charge in [-0.25, -0.2) is 0 Å². The summed E-state index contributed by atoms with van der Waals surface area (Å²) in [6, 6.07) is 0.181. The van der Waals surface area contributed by atoms with Gasteiger partial charge < -0.3 is 10.4 Å². The Balaban J connectivity index is 2.44. The van der Waals surface area contributed by atoms with Crippen LogP contribution in [-0.2, 0) is 4.79 Å². The first-order valence-corrected chi connectivity index (χ1v) is 6.08. The van der Waals surface area contributed by atoms with Crippen molar-refractivity contribution in [1.82, 2.24) is 5.32 Å². The zero-order chi connectivity index (χ0) is 11.3. The molecule has 1 unspecified atom stereocenters. The number of carboxylic acid groups (broad SMARTS) is 1. The number of hydrogen-bond acceptors (Lipinski definition) is 2. The van der Waals surface area contributed by atoms with Crippen LogP contribution in [0.2, 0.25) is 0 Å². The molecule has 1 atom stereocenters. The third-order valence-electron chi connectivity index (χ3n) is 3.49. The number of hydrogen-bond donors (Lipinski definition) is 2. The number of carbonyl (C=O) groups is 1. The molecule has 3 nitrogen and oxygen atoms in total. The summed E-state index contributed by atoms with van der Waals surface area (Å²) >= 11 is 0. The first kappa shape index (κ1) is 12.5. The SMILES string of the molecule is CCNC(CC(=O)O)C1CCC(C)CC1. The molecule has 15 heavy (non-hydrogen) atoms. The molecule has 1 rings (SSSR count). The molecule has 0 spiro atoms. The van der Waals surface area contributed by atoms with Gasteiger partial charge in [0.1, 0.15) is 0 Å². The summed E-state index contributed by atoms with van der Waals surface area (Å²) in [7, 11) is 0. The van der Waals surface area contributed by atoms with E-state index in [-0.39, 0.29) is 12.5 Å². The minimum Gasteiger partial charge on any atom is -0.481 e. The Labute approximate surface area is 92.3 Å². The fourth-order valence-electron chi connectivity index (χ4n) is 2.54. The first-order valence-electron chi connectivity index (χ1n) is 6.08. The van der Waals surface area contributed by atoms with Gasteiger partial charge in [-0.15, -0.1) is 0 Å². The van der Waals surface area contributed by atoms with E-state index in [0.717, 1.165) is 12.5 Å². The fraction of sp³-hybridized carbons (Fsp3) is 0.917. The zero-order valence-corrected chi connectivity index (χ0v) is 9.83. The second kappa shape index (κ2) is 6.11. The Morgan fingerprint density at radius 1 is 1.40 bits per heavy atom. The normalized spacial score (nSPS) is 28.7. The van der Waals surface area contributed by atoms with Crippen molar-refractivity contribution in [3.63, 3.8) is 0 Å². The van der Waals surface area contributed by atoms with Crippen molar-refractivity contribution >= 4 is 5.97 Å². The van der Waals surface area contributed by atoms with Crippen LogP contribution in [0.5, 0.6) is 0 Å². The molecule has 0 amide bonds. The summed E-state index contributed by atoms with van der Waals surface area (Å²) in [4.78, 5) is 10.8. The topological polar surface area (TPSA) is 49.3 Å². The highest BCUT2D eigenvalue weighted by molar-refractivity contribution is 5.67. The molecule has 1 aliphatic carbocycles. The summed E-state index contributed by atoms with van der Waals surface area (Å²) in [6.45, 7) is 5.19. The first-order chi connectivity index (χ1) is 7.13. The Kier molecular flexibility index (Phi) is 5.09. The highest BCUT2D eigenvalue weighted by Gasteiger charge is 2.26. The number of nitrogens with one attached hydrogen (secondary N) is 1. The fourth-order valence-corrected chi connectivity index (χ4v) is 2.54. The molecule has 0 aliphatic heterocycles. The Morgan fingerprint density at radius 3 is 2.47 bits per heavy atom. The Morgan fingerprint density at radius 2 is 2.00 bits per heavy atom. The molecule has 0 heterocycles. The highest BCUT2D eigenvalue weighted by atomic mass is 16.4. The molecular weight excluding hydrogens is 190 g/mol. The molecule has 1 fully saturated rings. The quantitative estimate of drug-likeness (QED) is 0.736. The number of carboxylic acids is 1. The maximum Gasteiger partial charge on any atom is 0.304 e. The van der Waals surface area contributed by atoms with E-state index in [1.807, 2.05) is 6.92 Å². The average Bonchev–Trinajstić information content (AvgIpc) is 2.17. The maximum atomic E-state index is 10.8. The zero-order valence-electron chi connectivity index (χ0n) is 9.83. The lowest BCUT2D eigenvalue weighted by molar-refractivity contribution is -0.138. The van der Waals surface area contributed by atoms with E-state index in [1.54, 1.807) is 0 Å². The highest BCUT2D eigenvalue weighted by Crippen LogP contribution is 2.31. The second-order valence-electron chi connectivity index (χ2n) is 4.78. The smallest absolute Gasteiger partial charge is 0.304 e. The van der Waals surface area contributed by atoms with Gasteiger partial charge in [-0.2, -0.15) is 0 Å². The minimum absolute atomic E-state index is 0.181. The molecule has 0 bridgehead atoms. The summed E-state index contributed by atoms with van der Waals surface area (Å²) in [5.41, 5.74) is 0. The molecule has 3 heteroatoms. The number of rotatable bonds is 5. The molecule has 0 radical (unpaired) electrons. The summed E-state index contributed by atoms with van der Waals surface area (Å²) < 4.78 is 0. The molecule has 0 aromatic heterocycles. The summed E-state index contributed by atoms with van der Waals surface area (Å²) in [6.07, 6.45) is 5.16. The minimum atomic E-state index is -0.681. The Bertz CT molecular complexity index is 198. The van der Waals surface area contributed by atoms with Crippen LogP contribution < -0.4 is 5.32 Å². The van der Waals surface area contributed by atoms with Gasteiger partial charge in [0.25, 0.3) is 0 Å². The lowest BCUT2D eigenvalue weighted by atomic mass is 9.78. The van der Waals surface area contributed by atoms with Crippen molar-refractivity contribution in [2.75, 3.05) is 6.54 Å². The van der Waals surface area contributed by atoms with Crippen LogP contribution in [0.1, 0.15) is 46.0 Å². The van der Waals surface area contributed by atoms with Crippen LogP contribution >= 0.6 is 0 Å². The maximum absolute atomic E-state index is 10.8. The molecule has 1 aliphatic rings. The van der Waals surface area contributed by atoms with Gasteiger partial charge in [-0.3, -0.25) is 4.79 Å². The van der Waals surface area contributed by atoms with Crippen molar-refractivity contribution in [2.24, 2.45) is 11.8 Å². The number of aliphatic carboxylic acids is 1. The van der Waals surface area contributed by atoms with Crippen LogP contribution in [-0.4, -0.2) is 23.7 Å². The monoisotopic (exact) mass is 213 g/mol. The largest absolute Gasteiger partial charge is 0.481 e. The average molecular weight is 213 g/mol. The van der Waals surface area contributed by atoms with Gasteiger partial charge >= 0.3 is 5.97 Å². The molecule has 1 saturated carbocycles. The lowest BCUT2D eigenvalue weighted by Gasteiger charge is -2.32. The van der Waals surface area contributed by atoms with Crippen molar-refractivity contribution in [2.45, 2.75) is 52.0 Å².